The van der Waals surface area contributed by atoms with Crippen LogP contribution in [0.25, 0.3) is 0 Å². The van der Waals surface area contributed by atoms with E-state index in [9.17, 15) is 0 Å². The third kappa shape index (κ3) is 3.20. The van der Waals surface area contributed by atoms with Crippen molar-refractivity contribution in [1.29, 1.82) is 5.26 Å². The van der Waals surface area contributed by atoms with Crippen LogP contribution >= 0.6 is 0 Å². The fourth-order valence-electron chi connectivity index (χ4n) is 3.18. The molecule has 1 saturated carbocycles. The van der Waals surface area contributed by atoms with Gasteiger partial charge in [0.2, 0.25) is 0 Å². The van der Waals surface area contributed by atoms with Gasteiger partial charge in [0.15, 0.2) is 0 Å². The molecule has 0 aromatic carbocycles. The number of nitriles is 1. The van der Waals surface area contributed by atoms with Crippen molar-refractivity contribution in [2.24, 2.45) is 5.92 Å². The zero-order chi connectivity index (χ0) is 12.3. The molecule has 3 nitrogen and oxygen atoms in total. The smallest absolute Gasteiger partial charge is 0.0950 e. The van der Waals surface area contributed by atoms with Crippen LogP contribution in [0.2, 0.25) is 0 Å². The lowest BCUT2D eigenvalue weighted by Gasteiger charge is -2.42. The fourth-order valence-corrected chi connectivity index (χ4v) is 3.18. The monoisotopic (exact) mass is 235 g/mol. The van der Waals surface area contributed by atoms with Gasteiger partial charge in [-0.25, -0.2) is 0 Å². The maximum absolute atomic E-state index is 8.93. The summed E-state index contributed by atoms with van der Waals surface area (Å²) in [4.78, 5) is 4.97. The number of hydrogen-bond donors (Lipinski definition) is 0. The van der Waals surface area contributed by atoms with Crippen molar-refractivity contribution >= 4 is 0 Å². The Labute approximate surface area is 105 Å². The third-order valence-corrected chi connectivity index (χ3v) is 4.59. The third-order valence-electron chi connectivity index (χ3n) is 4.59. The van der Waals surface area contributed by atoms with E-state index in [-0.39, 0.29) is 6.04 Å². The van der Waals surface area contributed by atoms with Crippen molar-refractivity contribution in [2.75, 3.05) is 26.2 Å². The van der Waals surface area contributed by atoms with Crippen molar-refractivity contribution in [3.63, 3.8) is 0 Å². The molecule has 1 saturated heterocycles. The lowest BCUT2D eigenvalue weighted by Crippen LogP contribution is -2.52. The van der Waals surface area contributed by atoms with E-state index in [4.69, 9.17) is 5.26 Å². The lowest BCUT2D eigenvalue weighted by atomic mass is 9.86. The first-order valence-electron chi connectivity index (χ1n) is 7.08. The van der Waals surface area contributed by atoms with Crippen molar-refractivity contribution < 1.29 is 0 Å². The molecule has 1 atom stereocenters. The van der Waals surface area contributed by atoms with Crippen molar-refractivity contribution in [1.82, 2.24) is 9.80 Å². The summed E-state index contributed by atoms with van der Waals surface area (Å²) >= 11 is 0. The summed E-state index contributed by atoms with van der Waals surface area (Å²) in [6.07, 6.45) is 5.57. The van der Waals surface area contributed by atoms with E-state index in [1.165, 1.54) is 25.7 Å². The van der Waals surface area contributed by atoms with Gasteiger partial charge in [-0.2, -0.15) is 5.26 Å². The van der Waals surface area contributed by atoms with Crippen LogP contribution in [-0.2, 0) is 0 Å². The lowest BCUT2D eigenvalue weighted by molar-refractivity contribution is 0.0648. The van der Waals surface area contributed by atoms with Crippen LogP contribution < -0.4 is 0 Å². The molecule has 17 heavy (non-hydrogen) atoms. The van der Waals surface area contributed by atoms with Crippen LogP contribution in [0.5, 0.6) is 0 Å². The minimum atomic E-state index is 0.0866. The van der Waals surface area contributed by atoms with E-state index in [0.29, 0.717) is 0 Å². The van der Waals surface area contributed by atoms with Gasteiger partial charge in [-0.15, -0.1) is 0 Å². The van der Waals surface area contributed by atoms with Crippen LogP contribution in [0, 0.1) is 17.2 Å². The first kappa shape index (κ1) is 12.9. The Kier molecular flexibility index (Phi) is 4.42. The van der Waals surface area contributed by atoms with Crippen molar-refractivity contribution in [2.45, 2.75) is 51.6 Å². The summed E-state index contributed by atoms with van der Waals surface area (Å²) < 4.78 is 0. The molecule has 1 heterocycles. The molecule has 96 valence electrons. The molecular weight excluding hydrogens is 210 g/mol. The Balaban J connectivity index is 1.77. The highest BCUT2D eigenvalue weighted by molar-refractivity contribution is 4.91. The predicted molar refractivity (Wildman–Crippen MR) is 69.6 cm³/mol. The number of hydrogen-bond acceptors (Lipinski definition) is 3. The second-order valence-electron chi connectivity index (χ2n) is 5.79. The minimum Gasteiger partial charge on any atom is -0.298 e. The van der Waals surface area contributed by atoms with Crippen LogP contribution in [0.1, 0.15) is 39.5 Å². The topological polar surface area (TPSA) is 30.3 Å². The zero-order valence-electron chi connectivity index (χ0n) is 11.2. The Bertz CT molecular complexity index is 268. The van der Waals surface area contributed by atoms with Crippen LogP contribution in [0.15, 0.2) is 0 Å². The van der Waals surface area contributed by atoms with Crippen molar-refractivity contribution in [3.8, 4) is 6.07 Å². The molecule has 2 rings (SSSR count). The van der Waals surface area contributed by atoms with Gasteiger partial charge in [-0.1, -0.05) is 6.92 Å². The largest absolute Gasteiger partial charge is 0.298 e. The predicted octanol–water partition coefficient (Wildman–Crippen LogP) is 2.09. The fraction of sp³-hybridized carbons (Fsp3) is 0.929. The molecule has 1 unspecified atom stereocenters. The molecular formula is C14H25N3. The summed E-state index contributed by atoms with van der Waals surface area (Å²) in [5, 5.41) is 8.93. The SMILES string of the molecule is CC1CCC(N2CCN(C(C)C#N)CC2)CC1. The first-order valence-corrected chi connectivity index (χ1v) is 7.08. The van der Waals surface area contributed by atoms with Crippen LogP contribution in [-0.4, -0.2) is 48.1 Å². The molecule has 0 amide bonds. The average molecular weight is 235 g/mol. The van der Waals surface area contributed by atoms with Crippen LogP contribution in [0.4, 0.5) is 0 Å². The molecule has 2 fully saturated rings. The van der Waals surface area contributed by atoms with Gasteiger partial charge in [-0.3, -0.25) is 9.80 Å². The number of rotatable bonds is 2. The minimum absolute atomic E-state index is 0.0866. The Hall–Kier alpha value is -0.590. The van der Waals surface area contributed by atoms with E-state index < -0.39 is 0 Å². The molecule has 3 heteroatoms. The van der Waals surface area contributed by atoms with Gasteiger partial charge in [0.25, 0.3) is 0 Å². The second-order valence-corrected chi connectivity index (χ2v) is 5.79. The number of piperazine rings is 1. The molecule has 1 aliphatic heterocycles. The Morgan fingerprint density at radius 1 is 1.06 bits per heavy atom. The standard InChI is InChI=1S/C14H25N3/c1-12-3-5-14(6-4-12)17-9-7-16(8-10-17)13(2)11-15/h12-14H,3-10H2,1-2H3. The van der Waals surface area contributed by atoms with Gasteiger partial charge < -0.3 is 0 Å². The molecule has 1 aliphatic carbocycles. The maximum atomic E-state index is 8.93. The Morgan fingerprint density at radius 2 is 1.65 bits per heavy atom. The molecule has 0 N–H and O–H groups in total. The highest BCUT2D eigenvalue weighted by Crippen LogP contribution is 2.27. The van der Waals surface area contributed by atoms with Crippen LogP contribution in [0.3, 0.4) is 0 Å². The molecule has 0 spiro atoms. The number of nitrogens with zero attached hydrogens (tertiary/aromatic N) is 3. The summed E-state index contributed by atoms with van der Waals surface area (Å²) in [6.45, 7) is 8.85. The maximum Gasteiger partial charge on any atom is 0.0950 e. The van der Waals surface area contributed by atoms with E-state index in [2.05, 4.69) is 22.8 Å². The van der Waals surface area contributed by atoms with E-state index in [1.54, 1.807) is 0 Å². The molecule has 0 aromatic heterocycles. The quantitative estimate of drug-likeness (QED) is 0.734. The second kappa shape index (κ2) is 5.84. The van der Waals surface area contributed by atoms with Gasteiger partial charge in [-0.05, 0) is 38.5 Å². The molecule has 0 radical (unpaired) electrons. The molecule has 2 aliphatic rings. The molecule has 0 aromatic rings. The van der Waals surface area contributed by atoms with Gasteiger partial charge in [0.1, 0.15) is 0 Å². The zero-order valence-corrected chi connectivity index (χ0v) is 11.2. The highest BCUT2D eigenvalue weighted by Gasteiger charge is 2.28. The summed E-state index contributed by atoms with van der Waals surface area (Å²) in [5.41, 5.74) is 0. The summed E-state index contributed by atoms with van der Waals surface area (Å²) in [6, 6.07) is 3.25. The van der Waals surface area contributed by atoms with E-state index in [1.807, 2.05) is 6.92 Å². The highest BCUT2D eigenvalue weighted by atomic mass is 15.3. The van der Waals surface area contributed by atoms with E-state index in [0.717, 1.165) is 38.1 Å². The first-order chi connectivity index (χ1) is 8.20. The van der Waals surface area contributed by atoms with Crippen molar-refractivity contribution in [3.05, 3.63) is 0 Å². The van der Waals surface area contributed by atoms with E-state index >= 15 is 0 Å². The summed E-state index contributed by atoms with van der Waals surface area (Å²) in [5.74, 6) is 0.936. The Morgan fingerprint density at radius 3 is 2.18 bits per heavy atom. The summed E-state index contributed by atoms with van der Waals surface area (Å²) in [7, 11) is 0. The van der Waals surface area contributed by atoms with Gasteiger partial charge >= 0.3 is 0 Å². The normalized spacial score (nSPS) is 34.2. The molecule has 0 bridgehead atoms. The van der Waals surface area contributed by atoms with Gasteiger partial charge in [0, 0.05) is 32.2 Å². The van der Waals surface area contributed by atoms with Gasteiger partial charge in [0.05, 0.1) is 12.1 Å². The average Bonchev–Trinajstić information content (AvgIpc) is 2.39.